The van der Waals surface area contributed by atoms with E-state index in [-0.39, 0.29) is 5.91 Å². The fraction of sp³-hybridized carbons (Fsp3) is 0.240. The third-order valence-corrected chi connectivity index (χ3v) is 7.62. The lowest BCUT2D eigenvalue weighted by atomic mass is 10.2. The number of thiazole rings is 1. The Morgan fingerprint density at radius 2 is 1.81 bits per heavy atom. The van der Waals surface area contributed by atoms with Gasteiger partial charge in [-0.1, -0.05) is 42.5 Å². The lowest BCUT2D eigenvalue weighted by Gasteiger charge is -2.34. The van der Waals surface area contributed by atoms with E-state index in [0.717, 1.165) is 58.7 Å². The minimum Gasteiger partial charge on any atom is -0.340 e. The van der Waals surface area contributed by atoms with Crippen LogP contribution in [0, 0.1) is 0 Å². The Kier molecular flexibility index (Phi) is 6.39. The van der Waals surface area contributed by atoms with Gasteiger partial charge in [-0.3, -0.25) is 14.7 Å². The molecule has 1 saturated heterocycles. The Morgan fingerprint density at radius 3 is 2.53 bits per heavy atom. The Morgan fingerprint density at radius 1 is 0.969 bits per heavy atom. The smallest absolute Gasteiger partial charge is 0.227 e. The van der Waals surface area contributed by atoms with E-state index in [1.165, 1.54) is 5.56 Å². The molecule has 0 saturated carbocycles. The molecule has 5 nitrogen and oxygen atoms in total. The van der Waals surface area contributed by atoms with Crippen LogP contribution in [0.5, 0.6) is 0 Å². The van der Waals surface area contributed by atoms with Gasteiger partial charge in [0.2, 0.25) is 5.91 Å². The molecule has 0 atom stereocenters. The summed E-state index contributed by atoms with van der Waals surface area (Å²) in [4.78, 5) is 28.9. The van der Waals surface area contributed by atoms with Crippen LogP contribution >= 0.6 is 22.7 Å². The van der Waals surface area contributed by atoms with Crippen LogP contribution in [-0.4, -0.2) is 51.9 Å². The molecule has 0 radical (unpaired) electrons. The van der Waals surface area contributed by atoms with Crippen molar-refractivity contribution in [2.24, 2.45) is 0 Å². The van der Waals surface area contributed by atoms with E-state index in [4.69, 9.17) is 4.98 Å². The molecule has 5 rings (SSSR count). The second kappa shape index (κ2) is 9.73. The SMILES string of the molecule is O=C(Cc1sc(-c2ccccc2)nc1-c1cccs1)N1CCN(Cc2cccnc2)CC1. The lowest BCUT2D eigenvalue weighted by molar-refractivity contribution is -0.132. The Labute approximate surface area is 196 Å². The van der Waals surface area contributed by atoms with E-state index in [1.807, 2.05) is 41.4 Å². The van der Waals surface area contributed by atoms with E-state index in [1.54, 1.807) is 28.9 Å². The van der Waals surface area contributed by atoms with E-state index >= 15 is 0 Å². The quantitative estimate of drug-likeness (QED) is 0.414. The van der Waals surface area contributed by atoms with Crippen LogP contribution in [0.1, 0.15) is 10.4 Å². The Bertz CT molecular complexity index is 1150. The summed E-state index contributed by atoms with van der Waals surface area (Å²) in [7, 11) is 0. The van der Waals surface area contributed by atoms with Crippen LogP contribution in [0.15, 0.2) is 72.4 Å². The molecule has 1 aliphatic rings. The van der Waals surface area contributed by atoms with Crippen LogP contribution in [0.3, 0.4) is 0 Å². The number of hydrogen-bond donors (Lipinski definition) is 0. The normalized spacial score (nSPS) is 14.6. The van der Waals surface area contributed by atoms with Crippen LogP contribution in [0.2, 0.25) is 0 Å². The van der Waals surface area contributed by atoms with Crippen molar-refractivity contribution in [3.05, 3.63) is 82.8 Å². The van der Waals surface area contributed by atoms with E-state index in [0.29, 0.717) is 6.42 Å². The van der Waals surface area contributed by atoms with Crippen LogP contribution < -0.4 is 0 Å². The lowest BCUT2D eigenvalue weighted by Crippen LogP contribution is -2.48. The fourth-order valence-corrected chi connectivity index (χ4v) is 5.81. The van der Waals surface area contributed by atoms with Crippen molar-refractivity contribution in [2.45, 2.75) is 13.0 Å². The summed E-state index contributed by atoms with van der Waals surface area (Å²) < 4.78 is 0. The zero-order valence-electron chi connectivity index (χ0n) is 17.7. The number of pyridine rings is 1. The van der Waals surface area contributed by atoms with Crippen LogP contribution in [0.25, 0.3) is 21.1 Å². The van der Waals surface area contributed by atoms with Gasteiger partial charge in [0.25, 0.3) is 0 Å². The Balaban J connectivity index is 1.27. The highest BCUT2D eigenvalue weighted by molar-refractivity contribution is 7.17. The van der Waals surface area contributed by atoms with Crippen molar-refractivity contribution in [2.75, 3.05) is 26.2 Å². The number of aromatic nitrogens is 2. The van der Waals surface area contributed by atoms with E-state index in [2.05, 4.69) is 39.5 Å². The first-order valence-electron chi connectivity index (χ1n) is 10.7. The molecule has 3 aromatic heterocycles. The molecule has 4 aromatic rings. The molecule has 1 aliphatic heterocycles. The predicted molar refractivity (Wildman–Crippen MR) is 131 cm³/mol. The van der Waals surface area contributed by atoms with Crippen molar-refractivity contribution in [1.82, 2.24) is 19.8 Å². The van der Waals surface area contributed by atoms with Gasteiger partial charge in [0.05, 0.1) is 17.0 Å². The van der Waals surface area contributed by atoms with Gasteiger partial charge < -0.3 is 4.90 Å². The minimum atomic E-state index is 0.187. The van der Waals surface area contributed by atoms with Gasteiger partial charge in [-0.25, -0.2) is 4.98 Å². The molecular weight excluding hydrogens is 436 g/mol. The van der Waals surface area contributed by atoms with Gasteiger partial charge in [-0.2, -0.15) is 0 Å². The van der Waals surface area contributed by atoms with Gasteiger partial charge in [0.15, 0.2) is 0 Å². The molecule has 1 amide bonds. The van der Waals surface area contributed by atoms with E-state index in [9.17, 15) is 4.79 Å². The predicted octanol–water partition coefficient (Wildman–Crippen LogP) is 4.82. The third kappa shape index (κ3) is 4.80. The molecule has 4 heterocycles. The number of amides is 1. The van der Waals surface area contributed by atoms with Gasteiger partial charge in [-0.05, 0) is 23.1 Å². The number of carbonyl (C=O) groups excluding carboxylic acids is 1. The maximum absolute atomic E-state index is 13.2. The van der Waals surface area contributed by atoms with Crippen molar-refractivity contribution in [3.8, 4) is 21.1 Å². The monoisotopic (exact) mass is 460 g/mol. The molecule has 1 fully saturated rings. The topological polar surface area (TPSA) is 49.3 Å². The summed E-state index contributed by atoms with van der Waals surface area (Å²) in [6, 6.07) is 18.4. The van der Waals surface area contributed by atoms with Crippen molar-refractivity contribution in [3.63, 3.8) is 0 Å². The average molecular weight is 461 g/mol. The molecule has 1 aromatic carbocycles. The second-order valence-corrected chi connectivity index (χ2v) is 9.86. The molecule has 162 valence electrons. The highest BCUT2D eigenvalue weighted by Crippen LogP contribution is 2.36. The summed E-state index contributed by atoms with van der Waals surface area (Å²) in [6.07, 6.45) is 4.12. The zero-order valence-corrected chi connectivity index (χ0v) is 19.3. The number of carbonyl (C=O) groups is 1. The zero-order chi connectivity index (χ0) is 21.8. The number of rotatable bonds is 6. The molecule has 0 unspecified atom stereocenters. The summed E-state index contributed by atoms with van der Waals surface area (Å²) in [6.45, 7) is 4.18. The fourth-order valence-electron chi connectivity index (χ4n) is 3.94. The number of nitrogens with zero attached hydrogens (tertiary/aromatic N) is 4. The van der Waals surface area contributed by atoms with Gasteiger partial charge in [-0.15, -0.1) is 22.7 Å². The average Bonchev–Trinajstić information content (AvgIpc) is 3.51. The maximum Gasteiger partial charge on any atom is 0.227 e. The van der Waals surface area contributed by atoms with Gasteiger partial charge in [0.1, 0.15) is 5.01 Å². The molecule has 0 bridgehead atoms. The Hall–Kier alpha value is -2.87. The standard InChI is InChI=1S/C25H24N4OS2/c30-23(29-13-11-28(12-14-29)18-19-6-4-10-26-17-19)16-22-24(21-9-5-15-31-21)27-25(32-22)20-7-2-1-3-8-20/h1-10,15,17H,11-14,16,18H2. The number of benzene rings is 1. The third-order valence-electron chi connectivity index (χ3n) is 5.64. The van der Waals surface area contributed by atoms with Crippen molar-refractivity contribution in [1.29, 1.82) is 0 Å². The molecule has 7 heteroatoms. The summed E-state index contributed by atoms with van der Waals surface area (Å²) in [5.41, 5.74) is 3.26. The highest BCUT2D eigenvalue weighted by Gasteiger charge is 2.24. The molecule has 0 spiro atoms. The molecule has 0 N–H and O–H groups in total. The van der Waals surface area contributed by atoms with Crippen molar-refractivity contribution >= 4 is 28.6 Å². The first kappa shape index (κ1) is 21.0. The largest absolute Gasteiger partial charge is 0.340 e. The van der Waals surface area contributed by atoms with Gasteiger partial charge in [0, 0.05) is 55.6 Å². The summed E-state index contributed by atoms with van der Waals surface area (Å²) >= 11 is 3.31. The first-order valence-corrected chi connectivity index (χ1v) is 12.4. The summed E-state index contributed by atoms with van der Waals surface area (Å²) in [5, 5.41) is 3.03. The first-order chi connectivity index (χ1) is 15.8. The molecular formula is C25H24N4OS2. The van der Waals surface area contributed by atoms with Gasteiger partial charge >= 0.3 is 0 Å². The van der Waals surface area contributed by atoms with Crippen molar-refractivity contribution < 1.29 is 4.79 Å². The number of hydrogen-bond acceptors (Lipinski definition) is 6. The molecule has 32 heavy (non-hydrogen) atoms. The summed E-state index contributed by atoms with van der Waals surface area (Å²) in [5.74, 6) is 0.187. The number of thiophene rings is 1. The highest BCUT2D eigenvalue weighted by atomic mass is 32.1. The van der Waals surface area contributed by atoms with Crippen LogP contribution in [0.4, 0.5) is 0 Å². The maximum atomic E-state index is 13.2. The minimum absolute atomic E-state index is 0.187. The number of piperazine rings is 1. The second-order valence-electron chi connectivity index (χ2n) is 7.83. The van der Waals surface area contributed by atoms with E-state index < -0.39 is 0 Å². The molecule has 0 aliphatic carbocycles. The van der Waals surface area contributed by atoms with Crippen LogP contribution in [-0.2, 0) is 17.8 Å².